The topological polar surface area (TPSA) is 55.1 Å². The molecule has 17 heavy (non-hydrogen) atoms. The Hall–Kier alpha value is -1.06. The Morgan fingerprint density at radius 2 is 2.12 bits per heavy atom. The molecule has 1 aromatic rings. The zero-order valence-electron chi connectivity index (χ0n) is 10.5. The summed E-state index contributed by atoms with van der Waals surface area (Å²) in [5.74, 6) is -0.299. The molecule has 0 aliphatic heterocycles. The molecule has 0 atom stereocenters. The number of nitrogens with two attached hydrogens (primary N) is 1. The van der Waals surface area contributed by atoms with Crippen LogP contribution in [0.3, 0.4) is 0 Å². The van der Waals surface area contributed by atoms with E-state index in [9.17, 15) is 4.79 Å². The lowest BCUT2D eigenvalue weighted by molar-refractivity contribution is -0.125. The Bertz CT molecular complexity index is 416. The Morgan fingerprint density at radius 3 is 2.65 bits per heavy atom. The quantitative estimate of drug-likeness (QED) is 0.847. The van der Waals surface area contributed by atoms with Crippen molar-refractivity contribution >= 4 is 17.5 Å². The molecule has 1 amide bonds. The van der Waals surface area contributed by atoms with Crippen molar-refractivity contribution in [2.45, 2.75) is 27.3 Å². The fraction of sp³-hybridized carbons (Fsp3) is 0.462. The molecule has 0 fully saturated rings. The molecule has 0 saturated heterocycles. The van der Waals surface area contributed by atoms with Gasteiger partial charge in [-0.05, 0) is 38.0 Å². The van der Waals surface area contributed by atoms with Gasteiger partial charge in [-0.3, -0.25) is 4.79 Å². The molecule has 1 aromatic carbocycles. The number of aryl methyl sites for hydroxylation is 1. The molecular formula is C13H19ClN2O. The molecule has 0 bridgehead atoms. The largest absolute Gasteiger partial charge is 0.369 e. The maximum Gasteiger partial charge on any atom is 0.224 e. The van der Waals surface area contributed by atoms with Crippen molar-refractivity contribution in [3.63, 3.8) is 0 Å². The van der Waals surface area contributed by atoms with Crippen molar-refractivity contribution in [1.29, 1.82) is 0 Å². The second-order valence-electron chi connectivity index (χ2n) is 4.94. The molecule has 3 N–H and O–H groups in total. The number of hydrogen-bond donors (Lipinski definition) is 2. The third kappa shape index (κ3) is 4.02. The van der Waals surface area contributed by atoms with E-state index in [0.717, 1.165) is 16.1 Å². The second kappa shape index (κ2) is 5.52. The van der Waals surface area contributed by atoms with Gasteiger partial charge >= 0.3 is 0 Å². The summed E-state index contributed by atoms with van der Waals surface area (Å²) in [5, 5.41) is 3.97. The van der Waals surface area contributed by atoms with Crippen LogP contribution in [-0.4, -0.2) is 12.5 Å². The van der Waals surface area contributed by atoms with Gasteiger partial charge < -0.3 is 11.1 Å². The van der Waals surface area contributed by atoms with Crippen molar-refractivity contribution < 1.29 is 4.79 Å². The molecule has 0 radical (unpaired) electrons. The molecule has 94 valence electrons. The van der Waals surface area contributed by atoms with E-state index in [0.29, 0.717) is 13.1 Å². The highest BCUT2D eigenvalue weighted by molar-refractivity contribution is 6.31. The van der Waals surface area contributed by atoms with Crippen LogP contribution in [0.2, 0.25) is 5.02 Å². The number of amides is 1. The summed E-state index contributed by atoms with van der Waals surface area (Å²) in [7, 11) is 0. The number of carbonyl (C=O) groups excluding carboxylic acids is 1. The number of halogens is 1. The van der Waals surface area contributed by atoms with E-state index in [-0.39, 0.29) is 5.91 Å². The normalized spacial score (nSPS) is 11.5. The van der Waals surface area contributed by atoms with Crippen molar-refractivity contribution in [1.82, 2.24) is 5.32 Å². The molecule has 0 heterocycles. The van der Waals surface area contributed by atoms with Gasteiger partial charge in [0.1, 0.15) is 0 Å². The van der Waals surface area contributed by atoms with Crippen LogP contribution >= 0.6 is 11.6 Å². The number of carbonyl (C=O) groups is 1. The Morgan fingerprint density at radius 1 is 1.47 bits per heavy atom. The van der Waals surface area contributed by atoms with E-state index in [1.54, 1.807) is 0 Å². The number of hydrogen-bond acceptors (Lipinski definition) is 2. The van der Waals surface area contributed by atoms with Gasteiger partial charge in [-0.1, -0.05) is 23.7 Å². The van der Waals surface area contributed by atoms with E-state index in [1.807, 2.05) is 39.0 Å². The zero-order chi connectivity index (χ0) is 13.1. The number of primary amides is 1. The summed E-state index contributed by atoms with van der Waals surface area (Å²) in [4.78, 5) is 11.1. The minimum absolute atomic E-state index is 0.299. The minimum Gasteiger partial charge on any atom is -0.369 e. The van der Waals surface area contributed by atoms with Crippen molar-refractivity contribution in [2.75, 3.05) is 6.54 Å². The fourth-order valence-electron chi connectivity index (χ4n) is 1.35. The second-order valence-corrected chi connectivity index (χ2v) is 5.34. The van der Waals surface area contributed by atoms with Gasteiger partial charge in [-0.25, -0.2) is 0 Å². The monoisotopic (exact) mass is 254 g/mol. The van der Waals surface area contributed by atoms with Gasteiger partial charge in [0.2, 0.25) is 5.91 Å². The van der Waals surface area contributed by atoms with Gasteiger partial charge in [-0.15, -0.1) is 0 Å². The minimum atomic E-state index is -0.533. The molecular weight excluding hydrogens is 236 g/mol. The molecule has 0 spiro atoms. The predicted octanol–water partition coefficient (Wildman–Crippen LogP) is 2.25. The first-order valence-electron chi connectivity index (χ1n) is 5.58. The van der Waals surface area contributed by atoms with Crippen LogP contribution in [0.15, 0.2) is 18.2 Å². The van der Waals surface area contributed by atoms with E-state index in [4.69, 9.17) is 17.3 Å². The van der Waals surface area contributed by atoms with Crippen LogP contribution in [0.4, 0.5) is 0 Å². The first kappa shape index (κ1) is 14.0. The number of nitrogens with one attached hydrogen (secondary N) is 1. The van der Waals surface area contributed by atoms with E-state index < -0.39 is 5.41 Å². The van der Waals surface area contributed by atoms with E-state index >= 15 is 0 Å². The lowest BCUT2D eigenvalue weighted by Crippen LogP contribution is -2.40. The van der Waals surface area contributed by atoms with Gasteiger partial charge in [0, 0.05) is 18.1 Å². The lowest BCUT2D eigenvalue weighted by Gasteiger charge is -2.20. The van der Waals surface area contributed by atoms with Crippen molar-refractivity contribution in [3.05, 3.63) is 34.3 Å². The highest BCUT2D eigenvalue weighted by Gasteiger charge is 2.23. The molecule has 4 heteroatoms. The fourth-order valence-corrected chi connectivity index (χ4v) is 1.56. The first-order valence-corrected chi connectivity index (χ1v) is 5.96. The van der Waals surface area contributed by atoms with Crippen LogP contribution in [0.5, 0.6) is 0 Å². The molecule has 0 aliphatic carbocycles. The molecule has 0 unspecified atom stereocenters. The molecule has 0 aliphatic rings. The van der Waals surface area contributed by atoms with Gasteiger partial charge in [0.15, 0.2) is 0 Å². The van der Waals surface area contributed by atoms with Crippen molar-refractivity contribution in [3.8, 4) is 0 Å². The Balaban J connectivity index is 2.51. The average molecular weight is 255 g/mol. The van der Waals surface area contributed by atoms with Crippen LogP contribution in [0.1, 0.15) is 25.0 Å². The lowest BCUT2D eigenvalue weighted by atomic mass is 9.93. The summed E-state index contributed by atoms with van der Waals surface area (Å²) in [6, 6.07) is 5.94. The highest BCUT2D eigenvalue weighted by atomic mass is 35.5. The van der Waals surface area contributed by atoms with Gasteiger partial charge in [0.05, 0.1) is 5.41 Å². The standard InChI is InChI=1S/C13H19ClN2O/c1-9-4-5-10(6-11(9)14)7-16-8-13(2,3)12(15)17/h4-6,16H,7-8H2,1-3H3,(H2,15,17). The zero-order valence-corrected chi connectivity index (χ0v) is 11.3. The van der Waals surface area contributed by atoms with Gasteiger partial charge in [0.25, 0.3) is 0 Å². The summed E-state index contributed by atoms with van der Waals surface area (Å²) in [5.41, 5.74) is 6.92. The summed E-state index contributed by atoms with van der Waals surface area (Å²) >= 11 is 6.03. The maximum absolute atomic E-state index is 11.1. The van der Waals surface area contributed by atoms with Crippen LogP contribution in [0.25, 0.3) is 0 Å². The molecule has 0 aromatic heterocycles. The average Bonchev–Trinajstić information content (AvgIpc) is 2.23. The summed E-state index contributed by atoms with van der Waals surface area (Å²) in [6.07, 6.45) is 0. The highest BCUT2D eigenvalue weighted by Crippen LogP contribution is 2.17. The molecule has 1 rings (SSSR count). The first-order chi connectivity index (χ1) is 7.83. The van der Waals surface area contributed by atoms with Crippen LogP contribution in [0, 0.1) is 12.3 Å². The van der Waals surface area contributed by atoms with Crippen LogP contribution < -0.4 is 11.1 Å². The SMILES string of the molecule is Cc1ccc(CNCC(C)(C)C(N)=O)cc1Cl. The van der Waals surface area contributed by atoms with Crippen LogP contribution in [-0.2, 0) is 11.3 Å². The Labute approximate surface area is 107 Å². The van der Waals surface area contributed by atoms with E-state index in [1.165, 1.54) is 0 Å². The molecule has 0 saturated carbocycles. The third-order valence-electron chi connectivity index (χ3n) is 2.80. The number of benzene rings is 1. The summed E-state index contributed by atoms with van der Waals surface area (Å²) < 4.78 is 0. The summed E-state index contributed by atoms with van der Waals surface area (Å²) in [6.45, 7) is 6.84. The van der Waals surface area contributed by atoms with Crippen molar-refractivity contribution in [2.24, 2.45) is 11.1 Å². The third-order valence-corrected chi connectivity index (χ3v) is 3.21. The predicted molar refractivity (Wildman–Crippen MR) is 70.9 cm³/mol. The maximum atomic E-state index is 11.1. The smallest absolute Gasteiger partial charge is 0.224 e. The van der Waals surface area contributed by atoms with Gasteiger partial charge in [-0.2, -0.15) is 0 Å². The molecule has 3 nitrogen and oxygen atoms in total. The van der Waals surface area contributed by atoms with E-state index in [2.05, 4.69) is 5.32 Å². The Kier molecular flexibility index (Phi) is 4.54. The number of rotatable bonds is 5.